The maximum absolute atomic E-state index is 12.0. The third kappa shape index (κ3) is 5.60. The third-order valence-electron chi connectivity index (χ3n) is 2.74. The lowest BCUT2D eigenvalue weighted by Crippen LogP contribution is -2.40. The summed E-state index contributed by atoms with van der Waals surface area (Å²) in [5.41, 5.74) is 3.05. The van der Waals surface area contributed by atoms with Gasteiger partial charge >= 0.3 is 0 Å². The molecule has 110 valence electrons. The minimum Gasteiger partial charge on any atom is -0.347 e. The first-order chi connectivity index (χ1) is 8.98. The number of hydrogen-bond donors (Lipinski definition) is 1. The number of amides is 1. The number of hydrogen-bond acceptors (Lipinski definition) is 1. The van der Waals surface area contributed by atoms with Crippen LogP contribution < -0.4 is 5.32 Å². The van der Waals surface area contributed by atoms with Crippen LogP contribution in [0.3, 0.4) is 0 Å². The molecule has 1 amide bonds. The standard InChI is InChI=1S/C18H27NO/c1-13(12-17(2,3)4)14-8-10-15(11-9-14)16(20)19-18(5,6)7/h8-12H,1-7H3,(H,19,20). The summed E-state index contributed by atoms with van der Waals surface area (Å²) in [5.74, 6) is -0.0264. The van der Waals surface area contributed by atoms with E-state index in [-0.39, 0.29) is 16.9 Å². The summed E-state index contributed by atoms with van der Waals surface area (Å²) in [7, 11) is 0. The van der Waals surface area contributed by atoms with Crippen LogP contribution in [0.2, 0.25) is 0 Å². The van der Waals surface area contributed by atoms with Gasteiger partial charge in [-0.1, -0.05) is 39.0 Å². The second-order valence-electron chi connectivity index (χ2n) is 7.47. The Bertz CT molecular complexity index is 496. The largest absolute Gasteiger partial charge is 0.347 e. The van der Waals surface area contributed by atoms with Crippen molar-refractivity contribution in [3.05, 3.63) is 41.5 Å². The molecule has 2 heteroatoms. The molecule has 20 heavy (non-hydrogen) atoms. The van der Waals surface area contributed by atoms with E-state index in [4.69, 9.17) is 0 Å². The fourth-order valence-electron chi connectivity index (χ4n) is 2.03. The second-order valence-corrected chi connectivity index (χ2v) is 7.47. The number of carbonyl (C=O) groups excluding carboxylic acids is 1. The maximum Gasteiger partial charge on any atom is 0.251 e. The maximum atomic E-state index is 12.0. The number of benzene rings is 1. The van der Waals surface area contributed by atoms with Gasteiger partial charge in [-0.3, -0.25) is 4.79 Å². The molecule has 0 aliphatic carbocycles. The molecule has 0 spiro atoms. The predicted octanol–water partition coefficient (Wildman–Crippen LogP) is 4.66. The van der Waals surface area contributed by atoms with Gasteiger partial charge in [0.2, 0.25) is 0 Å². The number of rotatable bonds is 2. The fourth-order valence-corrected chi connectivity index (χ4v) is 2.03. The Kier molecular flexibility index (Phi) is 4.80. The molecule has 0 heterocycles. The van der Waals surface area contributed by atoms with Gasteiger partial charge in [0.05, 0.1) is 0 Å². The minimum atomic E-state index is -0.211. The van der Waals surface area contributed by atoms with E-state index in [1.807, 2.05) is 45.0 Å². The smallest absolute Gasteiger partial charge is 0.251 e. The molecule has 0 saturated heterocycles. The first kappa shape index (κ1) is 16.5. The van der Waals surface area contributed by atoms with E-state index in [1.54, 1.807) is 0 Å². The van der Waals surface area contributed by atoms with Crippen molar-refractivity contribution >= 4 is 11.5 Å². The lowest BCUT2D eigenvalue weighted by molar-refractivity contribution is 0.0919. The lowest BCUT2D eigenvalue weighted by Gasteiger charge is -2.20. The van der Waals surface area contributed by atoms with Crippen LogP contribution in [-0.4, -0.2) is 11.4 Å². The van der Waals surface area contributed by atoms with Crippen molar-refractivity contribution in [3.63, 3.8) is 0 Å². The van der Waals surface area contributed by atoms with Crippen LogP contribution in [0.1, 0.15) is 64.4 Å². The van der Waals surface area contributed by atoms with E-state index in [0.29, 0.717) is 5.56 Å². The molecular formula is C18H27NO. The summed E-state index contributed by atoms with van der Waals surface area (Å²) >= 11 is 0. The van der Waals surface area contributed by atoms with E-state index in [9.17, 15) is 4.79 Å². The highest BCUT2D eigenvalue weighted by molar-refractivity contribution is 5.94. The third-order valence-corrected chi connectivity index (χ3v) is 2.74. The summed E-state index contributed by atoms with van der Waals surface area (Å²) in [6, 6.07) is 7.79. The Morgan fingerprint density at radius 1 is 0.950 bits per heavy atom. The molecular weight excluding hydrogens is 246 g/mol. The van der Waals surface area contributed by atoms with Crippen molar-refractivity contribution in [2.24, 2.45) is 5.41 Å². The van der Waals surface area contributed by atoms with Gasteiger partial charge in [0.25, 0.3) is 5.91 Å². The van der Waals surface area contributed by atoms with Gasteiger partial charge in [-0.05, 0) is 56.4 Å². The molecule has 1 N–H and O–H groups in total. The molecule has 0 saturated carbocycles. The van der Waals surface area contributed by atoms with Crippen molar-refractivity contribution in [2.75, 3.05) is 0 Å². The van der Waals surface area contributed by atoms with Gasteiger partial charge in [0, 0.05) is 11.1 Å². The molecule has 0 aromatic heterocycles. The van der Waals surface area contributed by atoms with Gasteiger partial charge in [0.1, 0.15) is 0 Å². The van der Waals surface area contributed by atoms with E-state index in [1.165, 1.54) is 5.57 Å². The lowest BCUT2D eigenvalue weighted by atomic mass is 9.91. The van der Waals surface area contributed by atoms with Crippen LogP contribution in [0.15, 0.2) is 30.3 Å². The molecule has 1 rings (SSSR count). The van der Waals surface area contributed by atoms with Crippen molar-refractivity contribution in [2.45, 2.75) is 54.0 Å². The Hall–Kier alpha value is -1.57. The van der Waals surface area contributed by atoms with Crippen molar-refractivity contribution < 1.29 is 4.79 Å². The molecule has 2 nitrogen and oxygen atoms in total. The highest BCUT2D eigenvalue weighted by Crippen LogP contribution is 2.23. The topological polar surface area (TPSA) is 29.1 Å². The van der Waals surface area contributed by atoms with E-state index in [0.717, 1.165) is 5.56 Å². The van der Waals surface area contributed by atoms with Gasteiger partial charge in [-0.2, -0.15) is 0 Å². The van der Waals surface area contributed by atoms with E-state index in [2.05, 4.69) is 39.1 Å². The van der Waals surface area contributed by atoms with Crippen LogP contribution in [0.25, 0.3) is 5.57 Å². The van der Waals surface area contributed by atoms with Gasteiger partial charge in [0.15, 0.2) is 0 Å². The van der Waals surface area contributed by atoms with Gasteiger partial charge in [-0.25, -0.2) is 0 Å². The van der Waals surface area contributed by atoms with E-state index >= 15 is 0 Å². The zero-order chi connectivity index (χ0) is 15.6. The minimum absolute atomic E-state index is 0.0264. The van der Waals surface area contributed by atoms with Crippen LogP contribution in [0, 0.1) is 5.41 Å². The van der Waals surface area contributed by atoms with Gasteiger partial charge in [-0.15, -0.1) is 0 Å². The summed E-state index contributed by atoms with van der Waals surface area (Å²) in [6.07, 6.45) is 2.25. The van der Waals surface area contributed by atoms with Crippen LogP contribution in [-0.2, 0) is 0 Å². The SMILES string of the molecule is CC(=CC(C)(C)C)c1ccc(C(=O)NC(C)(C)C)cc1. The molecule has 0 unspecified atom stereocenters. The molecule has 0 aliphatic heterocycles. The first-order valence-electron chi connectivity index (χ1n) is 7.10. The molecule has 0 radical (unpaired) electrons. The van der Waals surface area contributed by atoms with Gasteiger partial charge < -0.3 is 5.32 Å². The molecule has 0 fully saturated rings. The Labute approximate surface area is 123 Å². The monoisotopic (exact) mass is 273 g/mol. The average Bonchev–Trinajstić information content (AvgIpc) is 2.24. The number of nitrogens with one attached hydrogen (secondary N) is 1. The Morgan fingerprint density at radius 3 is 1.80 bits per heavy atom. The van der Waals surface area contributed by atoms with Crippen molar-refractivity contribution in [1.29, 1.82) is 0 Å². The van der Waals surface area contributed by atoms with Crippen molar-refractivity contribution in [1.82, 2.24) is 5.32 Å². The van der Waals surface area contributed by atoms with Crippen LogP contribution >= 0.6 is 0 Å². The molecule has 0 bridgehead atoms. The normalized spacial score (nSPS) is 13.2. The Morgan fingerprint density at radius 2 is 1.40 bits per heavy atom. The first-order valence-corrected chi connectivity index (χ1v) is 7.10. The van der Waals surface area contributed by atoms with Crippen LogP contribution in [0.4, 0.5) is 0 Å². The number of carbonyl (C=O) groups is 1. The summed E-state index contributed by atoms with van der Waals surface area (Å²) in [4.78, 5) is 12.0. The number of allylic oxidation sites excluding steroid dienone is 2. The van der Waals surface area contributed by atoms with Crippen molar-refractivity contribution in [3.8, 4) is 0 Å². The average molecular weight is 273 g/mol. The summed E-state index contributed by atoms with van der Waals surface area (Å²) < 4.78 is 0. The fraction of sp³-hybridized carbons (Fsp3) is 0.500. The zero-order valence-electron chi connectivity index (χ0n) is 13.8. The second kappa shape index (κ2) is 5.82. The molecule has 1 aromatic carbocycles. The van der Waals surface area contributed by atoms with E-state index < -0.39 is 0 Å². The highest BCUT2D eigenvalue weighted by Gasteiger charge is 2.15. The highest BCUT2D eigenvalue weighted by atomic mass is 16.1. The predicted molar refractivity (Wildman–Crippen MR) is 86.8 cm³/mol. The molecule has 0 atom stereocenters. The van der Waals surface area contributed by atoms with Crippen LogP contribution in [0.5, 0.6) is 0 Å². The summed E-state index contributed by atoms with van der Waals surface area (Å²) in [5, 5.41) is 2.97. The quantitative estimate of drug-likeness (QED) is 0.834. The Balaban J connectivity index is 2.90. The summed E-state index contributed by atoms with van der Waals surface area (Å²) in [6.45, 7) is 14.6. The molecule has 1 aromatic rings. The zero-order valence-corrected chi connectivity index (χ0v) is 13.8. The molecule has 0 aliphatic rings.